The van der Waals surface area contributed by atoms with Crippen molar-refractivity contribution >= 4 is 29.2 Å². The van der Waals surface area contributed by atoms with Gasteiger partial charge in [0.15, 0.2) is 0 Å². The molecular weight excluding hydrogens is 553 g/mol. The molecular formula is C27H24ClF3N4O5. The second-order valence-electron chi connectivity index (χ2n) is 9.14. The fraction of sp³-hybridized carbons (Fsp3) is 0.296. The number of fused-ring (bicyclic) bond motifs is 1. The Balaban J connectivity index is 1.38. The Kier molecular flexibility index (Phi) is 8.58. The molecule has 9 nitrogen and oxygen atoms in total. The molecule has 0 bridgehead atoms. The van der Waals surface area contributed by atoms with Gasteiger partial charge in [0, 0.05) is 43.0 Å². The van der Waals surface area contributed by atoms with E-state index in [9.17, 15) is 27.7 Å². The van der Waals surface area contributed by atoms with Crippen LogP contribution in [0.4, 0.5) is 19.0 Å². The predicted molar refractivity (Wildman–Crippen MR) is 141 cm³/mol. The van der Waals surface area contributed by atoms with Crippen LogP contribution in [0.1, 0.15) is 39.5 Å². The summed E-state index contributed by atoms with van der Waals surface area (Å²) in [5.41, 5.74) is 0.384. The molecule has 1 aromatic heterocycles. The quantitative estimate of drug-likeness (QED) is 0.340. The van der Waals surface area contributed by atoms with Gasteiger partial charge in [-0.05, 0) is 54.8 Å². The molecule has 0 spiro atoms. The Morgan fingerprint density at radius 1 is 1.18 bits per heavy atom. The Labute approximate surface area is 232 Å². The predicted octanol–water partition coefficient (Wildman–Crippen LogP) is 5.74. The first-order valence-corrected chi connectivity index (χ1v) is 12.5. The van der Waals surface area contributed by atoms with Crippen LogP contribution >= 0.6 is 11.6 Å². The summed E-state index contributed by atoms with van der Waals surface area (Å²) >= 11 is 6.35. The van der Waals surface area contributed by atoms with Crippen molar-refractivity contribution in [2.24, 2.45) is 5.18 Å². The van der Waals surface area contributed by atoms with E-state index < -0.39 is 23.7 Å². The van der Waals surface area contributed by atoms with Gasteiger partial charge in [-0.2, -0.15) is 13.2 Å². The number of carbonyl (C=O) groups is 2. The summed E-state index contributed by atoms with van der Waals surface area (Å²) in [7, 11) is 3.20. The smallest absolute Gasteiger partial charge is 0.433 e. The highest BCUT2D eigenvalue weighted by atomic mass is 35.5. The molecule has 0 saturated carbocycles. The second kappa shape index (κ2) is 11.9. The number of nitrogens with zero attached hydrogens (tertiary/aromatic N) is 3. The molecule has 2 aromatic carbocycles. The topological polar surface area (TPSA) is 110 Å². The number of benzene rings is 2. The maximum Gasteiger partial charge on any atom is 0.433 e. The van der Waals surface area contributed by atoms with E-state index in [1.807, 2.05) is 0 Å². The lowest BCUT2D eigenvalue weighted by atomic mass is 9.92. The van der Waals surface area contributed by atoms with Crippen LogP contribution in [-0.2, 0) is 17.4 Å². The van der Waals surface area contributed by atoms with E-state index in [-0.39, 0.29) is 42.1 Å². The fourth-order valence-corrected chi connectivity index (χ4v) is 4.43. The zero-order valence-corrected chi connectivity index (χ0v) is 22.2. The summed E-state index contributed by atoms with van der Waals surface area (Å²) in [6.45, 7) is 0.411. The van der Waals surface area contributed by atoms with Crippen molar-refractivity contribution in [2.75, 3.05) is 32.1 Å². The summed E-state index contributed by atoms with van der Waals surface area (Å²) in [6, 6.07) is 11.5. The van der Waals surface area contributed by atoms with Crippen molar-refractivity contribution in [2.45, 2.75) is 24.9 Å². The Bertz CT molecular complexity index is 1430. The van der Waals surface area contributed by atoms with Gasteiger partial charge in [0.25, 0.3) is 11.8 Å². The number of pyridine rings is 1. The number of anilines is 1. The standard InChI is InChI=1S/C27H24ClF3N4O5/c1-35(2)24-15(5-8-23(33-24)27(29,30)31)9-11-32-25(36)16-3-6-17(7-4-16)40-22-14-21-19(13-20(22)28)18(10-12-39-21)26(37)34-38/h3-8,13-14,18H,9-12H2,1-2H3,(H,32,36). The normalized spacial score (nSPS) is 14.5. The Morgan fingerprint density at radius 2 is 1.90 bits per heavy atom. The van der Waals surface area contributed by atoms with E-state index in [1.165, 1.54) is 23.1 Å². The van der Waals surface area contributed by atoms with E-state index in [4.69, 9.17) is 21.1 Å². The third-order valence-electron chi connectivity index (χ3n) is 6.19. The van der Waals surface area contributed by atoms with Crippen molar-refractivity contribution in [1.82, 2.24) is 10.3 Å². The molecule has 1 N–H and O–H groups in total. The van der Waals surface area contributed by atoms with Crippen molar-refractivity contribution in [3.63, 3.8) is 0 Å². The highest BCUT2D eigenvalue weighted by molar-refractivity contribution is 6.32. The fourth-order valence-electron chi connectivity index (χ4n) is 4.22. The molecule has 3 aromatic rings. The SMILES string of the molecule is CN(C)c1nc(C(F)(F)F)ccc1CCNC(=O)c1ccc(Oc2cc3c(cc2Cl)C(C(=O)N=O)CCO3)cc1. The number of carbonyl (C=O) groups excluding carboxylic acids is 2. The molecule has 1 aliphatic heterocycles. The summed E-state index contributed by atoms with van der Waals surface area (Å²) in [5.74, 6) is -0.719. The van der Waals surface area contributed by atoms with Gasteiger partial charge in [0.2, 0.25) is 0 Å². The van der Waals surface area contributed by atoms with Crippen LogP contribution in [-0.4, -0.2) is 44.0 Å². The molecule has 0 aliphatic carbocycles. The molecule has 40 heavy (non-hydrogen) atoms. The molecule has 0 radical (unpaired) electrons. The van der Waals surface area contributed by atoms with E-state index in [1.54, 1.807) is 38.4 Å². The number of rotatable bonds is 8. The lowest BCUT2D eigenvalue weighted by Gasteiger charge is -2.24. The van der Waals surface area contributed by atoms with Crippen LogP contribution < -0.4 is 19.7 Å². The number of ether oxygens (including phenoxy) is 2. The highest BCUT2D eigenvalue weighted by Crippen LogP contribution is 2.42. The molecule has 2 amide bonds. The van der Waals surface area contributed by atoms with Gasteiger partial charge in [0.05, 0.1) is 17.5 Å². The average Bonchev–Trinajstić information content (AvgIpc) is 2.92. The van der Waals surface area contributed by atoms with Crippen molar-refractivity contribution in [1.29, 1.82) is 0 Å². The number of aromatic nitrogens is 1. The van der Waals surface area contributed by atoms with Gasteiger partial charge in [0.1, 0.15) is 28.8 Å². The number of hydrogen-bond acceptors (Lipinski definition) is 7. The van der Waals surface area contributed by atoms with Gasteiger partial charge >= 0.3 is 6.18 Å². The first-order valence-electron chi connectivity index (χ1n) is 12.1. The minimum atomic E-state index is -4.55. The molecule has 1 unspecified atom stereocenters. The van der Waals surface area contributed by atoms with Crippen LogP contribution in [0.3, 0.4) is 0 Å². The molecule has 2 heterocycles. The maximum absolute atomic E-state index is 13.0. The molecule has 210 valence electrons. The van der Waals surface area contributed by atoms with E-state index in [0.29, 0.717) is 34.6 Å². The number of hydrogen-bond donors (Lipinski definition) is 1. The summed E-state index contributed by atoms with van der Waals surface area (Å²) in [5, 5.41) is 5.46. The number of nitroso groups, excluding NO2 is 1. The summed E-state index contributed by atoms with van der Waals surface area (Å²) in [6.07, 6.45) is -3.96. The van der Waals surface area contributed by atoms with E-state index in [2.05, 4.69) is 15.5 Å². The first kappa shape index (κ1) is 28.8. The van der Waals surface area contributed by atoms with Gasteiger partial charge in [-0.25, -0.2) is 4.98 Å². The lowest BCUT2D eigenvalue weighted by molar-refractivity contribution is -0.141. The second-order valence-corrected chi connectivity index (χ2v) is 9.55. The molecule has 13 heteroatoms. The third-order valence-corrected chi connectivity index (χ3v) is 6.48. The number of alkyl halides is 3. The van der Waals surface area contributed by atoms with Crippen LogP contribution in [0.2, 0.25) is 5.02 Å². The van der Waals surface area contributed by atoms with Crippen molar-refractivity contribution < 1.29 is 32.2 Å². The molecule has 4 rings (SSSR count). The summed E-state index contributed by atoms with van der Waals surface area (Å²) in [4.78, 5) is 40.4. The zero-order chi connectivity index (χ0) is 29.0. The third kappa shape index (κ3) is 6.50. The minimum Gasteiger partial charge on any atom is -0.493 e. The average molecular weight is 577 g/mol. The van der Waals surface area contributed by atoms with Gasteiger partial charge < -0.3 is 19.7 Å². The largest absolute Gasteiger partial charge is 0.493 e. The van der Waals surface area contributed by atoms with Crippen LogP contribution in [0.25, 0.3) is 0 Å². The van der Waals surface area contributed by atoms with E-state index >= 15 is 0 Å². The first-order chi connectivity index (χ1) is 19.0. The Morgan fingerprint density at radius 3 is 2.55 bits per heavy atom. The lowest BCUT2D eigenvalue weighted by Crippen LogP contribution is -2.26. The van der Waals surface area contributed by atoms with Gasteiger partial charge in [-0.3, -0.25) is 9.59 Å². The van der Waals surface area contributed by atoms with Crippen molar-refractivity contribution in [3.8, 4) is 17.2 Å². The number of halogens is 4. The monoisotopic (exact) mass is 576 g/mol. The van der Waals surface area contributed by atoms with E-state index in [0.717, 1.165) is 6.07 Å². The molecule has 0 saturated heterocycles. The van der Waals surface area contributed by atoms with Crippen LogP contribution in [0.15, 0.2) is 53.7 Å². The van der Waals surface area contributed by atoms with Gasteiger partial charge in [-0.15, -0.1) is 4.91 Å². The van der Waals surface area contributed by atoms with Crippen LogP contribution in [0, 0.1) is 4.91 Å². The number of nitrogens with one attached hydrogen (secondary N) is 1. The molecule has 0 fully saturated rings. The maximum atomic E-state index is 13.0. The molecule has 1 aliphatic rings. The summed E-state index contributed by atoms with van der Waals surface area (Å²) < 4.78 is 50.5. The highest BCUT2D eigenvalue weighted by Gasteiger charge is 2.33. The number of amides is 2. The molecule has 1 atom stereocenters. The Hall–Kier alpha value is -4.19. The minimum absolute atomic E-state index is 0.179. The van der Waals surface area contributed by atoms with Crippen LogP contribution in [0.5, 0.6) is 17.2 Å². The zero-order valence-electron chi connectivity index (χ0n) is 21.4. The van der Waals surface area contributed by atoms with Gasteiger partial charge in [-0.1, -0.05) is 17.7 Å². The van der Waals surface area contributed by atoms with Crippen molar-refractivity contribution in [3.05, 3.63) is 80.8 Å².